The average Bonchev–Trinajstić information content (AvgIpc) is 3.41. The molecule has 0 saturated carbocycles. The first-order valence-electron chi connectivity index (χ1n) is 8.27. The molecule has 3 aromatic rings. The molecule has 132 valence electrons. The molecule has 6 heteroatoms. The highest BCUT2D eigenvalue weighted by atomic mass is 32.1. The van der Waals surface area contributed by atoms with Crippen molar-refractivity contribution >= 4 is 28.9 Å². The second-order valence-corrected chi connectivity index (χ2v) is 7.03. The van der Waals surface area contributed by atoms with Gasteiger partial charge in [-0.3, -0.25) is 9.69 Å². The molecule has 2 atom stereocenters. The van der Waals surface area contributed by atoms with Gasteiger partial charge < -0.3 is 9.15 Å². The Morgan fingerprint density at radius 1 is 1.19 bits per heavy atom. The van der Waals surface area contributed by atoms with E-state index in [9.17, 15) is 9.59 Å². The van der Waals surface area contributed by atoms with E-state index < -0.39 is 12.0 Å². The largest absolute Gasteiger partial charge is 0.467 e. The Balaban J connectivity index is 1.83. The lowest BCUT2D eigenvalue weighted by Crippen LogP contribution is -2.41. The van der Waals surface area contributed by atoms with Gasteiger partial charge in [0, 0.05) is 22.8 Å². The van der Waals surface area contributed by atoms with Crippen molar-refractivity contribution in [3.8, 4) is 11.3 Å². The van der Waals surface area contributed by atoms with Crippen LogP contribution in [0.2, 0.25) is 0 Å². The predicted molar refractivity (Wildman–Crippen MR) is 99.1 cm³/mol. The second-order valence-electron chi connectivity index (χ2n) is 6.05. The topological polar surface area (TPSA) is 59.8 Å². The van der Waals surface area contributed by atoms with Crippen molar-refractivity contribution < 1.29 is 18.7 Å². The van der Waals surface area contributed by atoms with E-state index in [2.05, 4.69) is 0 Å². The van der Waals surface area contributed by atoms with Gasteiger partial charge in [0.2, 0.25) is 5.91 Å². The van der Waals surface area contributed by atoms with Gasteiger partial charge in [-0.15, -0.1) is 11.3 Å². The van der Waals surface area contributed by atoms with E-state index in [-0.39, 0.29) is 18.2 Å². The van der Waals surface area contributed by atoms with Gasteiger partial charge in [-0.05, 0) is 35.7 Å². The van der Waals surface area contributed by atoms with Gasteiger partial charge in [0.1, 0.15) is 11.8 Å². The number of hydrogen-bond donors (Lipinski definition) is 0. The molecule has 0 N–H and O–H groups in total. The van der Waals surface area contributed by atoms with E-state index in [0.717, 1.165) is 10.4 Å². The summed E-state index contributed by atoms with van der Waals surface area (Å²) in [6, 6.07) is 14.3. The number of esters is 1. The molecule has 26 heavy (non-hydrogen) atoms. The number of anilines is 1. The number of benzene rings is 1. The van der Waals surface area contributed by atoms with Crippen molar-refractivity contribution in [2.45, 2.75) is 18.4 Å². The van der Waals surface area contributed by atoms with Crippen LogP contribution >= 0.6 is 11.3 Å². The Bertz CT molecular complexity index is 917. The number of para-hydroxylation sites is 1. The molecular weight excluding hydrogens is 350 g/mol. The van der Waals surface area contributed by atoms with Crippen LogP contribution in [0.25, 0.3) is 11.3 Å². The van der Waals surface area contributed by atoms with E-state index in [1.165, 1.54) is 7.11 Å². The van der Waals surface area contributed by atoms with E-state index in [4.69, 9.17) is 9.15 Å². The number of nitrogens with zero attached hydrogens (tertiary/aromatic N) is 1. The minimum absolute atomic E-state index is 0.0993. The highest BCUT2D eigenvalue weighted by Gasteiger charge is 2.47. The fourth-order valence-corrected chi connectivity index (χ4v) is 4.35. The Labute approximate surface area is 154 Å². The third-order valence-corrected chi connectivity index (χ3v) is 5.63. The molecule has 4 rings (SSSR count). The molecule has 1 aliphatic heterocycles. The maximum absolute atomic E-state index is 12.9. The molecule has 2 aromatic heterocycles. The molecule has 1 saturated heterocycles. The lowest BCUT2D eigenvalue weighted by molar-refractivity contribution is -0.142. The van der Waals surface area contributed by atoms with Crippen molar-refractivity contribution in [2.24, 2.45) is 0 Å². The number of thiophene rings is 1. The predicted octanol–water partition coefficient (Wildman–Crippen LogP) is 4.07. The van der Waals surface area contributed by atoms with Gasteiger partial charge in [0.15, 0.2) is 0 Å². The molecule has 1 amide bonds. The zero-order valence-electron chi connectivity index (χ0n) is 14.1. The Morgan fingerprint density at radius 2 is 2.04 bits per heavy atom. The number of hydrogen-bond acceptors (Lipinski definition) is 5. The number of carbonyl (C=O) groups is 2. The standard InChI is InChI=1S/C20H17NO4S/c1-24-20(23)19-14(17-9-5-11-26-17)12-18(22)21(19)15-7-3-2-6-13(15)16-8-4-10-25-16/h2-11,14,19H,12H2,1H3/t14-,19+/m1/s1. The average molecular weight is 367 g/mol. The molecule has 0 spiro atoms. The van der Waals surface area contributed by atoms with E-state index in [0.29, 0.717) is 11.4 Å². The Hall–Kier alpha value is -2.86. The van der Waals surface area contributed by atoms with Gasteiger partial charge >= 0.3 is 5.97 Å². The third-order valence-electron chi connectivity index (χ3n) is 4.62. The number of amides is 1. The van der Waals surface area contributed by atoms with Crippen molar-refractivity contribution in [1.82, 2.24) is 0 Å². The lowest BCUT2D eigenvalue weighted by Gasteiger charge is -2.27. The molecule has 1 aliphatic rings. The summed E-state index contributed by atoms with van der Waals surface area (Å²) in [6.45, 7) is 0. The van der Waals surface area contributed by atoms with E-state index in [1.807, 2.05) is 47.8 Å². The fourth-order valence-electron chi connectivity index (χ4n) is 3.49. The summed E-state index contributed by atoms with van der Waals surface area (Å²) in [6.07, 6.45) is 1.86. The zero-order chi connectivity index (χ0) is 18.1. The quantitative estimate of drug-likeness (QED) is 0.652. The van der Waals surface area contributed by atoms with Crippen LogP contribution in [-0.4, -0.2) is 25.0 Å². The number of rotatable bonds is 4. The van der Waals surface area contributed by atoms with Crippen LogP contribution in [0.1, 0.15) is 17.2 Å². The summed E-state index contributed by atoms with van der Waals surface area (Å²) in [5.74, 6) is -0.0856. The molecule has 0 aliphatic carbocycles. The highest BCUT2D eigenvalue weighted by Crippen LogP contribution is 2.42. The zero-order valence-corrected chi connectivity index (χ0v) is 14.9. The molecule has 0 radical (unpaired) electrons. The molecule has 3 heterocycles. The molecular formula is C20H17NO4S. The number of carbonyl (C=O) groups excluding carboxylic acids is 2. The highest BCUT2D eigenvalue weighted by molar-refractivity contribution is 7.10. The minimum Gasteiger partial charge on any atom is -0.467 e. The minimum atomic E-state index is -0.692. The molecule has 1 aromatic carbocycles. The Morgan fingerprint density at radius 3 is 2.73 bits per heavy atom. The molecule has 0 unspecified atom stereocenters. The van der Waals surface area contributed by atoms with Crippen LogP contribution in [-0.2, 0) is 14.3 Å². The first kappa shape index (κ1) is 16.6. The van der Waals surface area contributed by atoms with Crippen LogP contribution in [0, 0.1) is 0 Å². The van der Waals surface area contributed by atoms with Crippen molar-refractivity contribution in [1.29, 1.82) is 0 Å². The van der Waals surface area contributed by atoms with Gasteiger partial charge in [0.05, 0.1) is 19.1 Å². The van der Waals surface area contributed by atoms with Gasteiger partial charge in [-0.1, -0.05) is 18.2 Å². The van der Waals surface area contributed by atoms with E-state index >= 15 is 0 Å². The first-order valence-corrected chi connectivity index (χ1v) is 9.15. The fraction of sp³-hybridized carbons (Fsp3) is 0.200. The normalized spacial score (nSPS) is 19.7. The summed E-state index contributed by atoms with van der Waals surface area (Å²) in [5.41, 5.74) is 1.42. The number of ether oxygens (including phenoxy) is 1. The summed E-state index contributed by atoms with van der Waals surface area (Å²) >= 11 is 1.55. The van der Waals surface area contributed by atoms with Crippen molar-refractivity contribution in [2.75, 3.05) is 12.0 Å². The monoisotopic (exact) mass is 367 g/mol. The van der Waals surface area contributed by atoms with Gasteiger partial charge in [0.25, 0.3) is 0 Å². The molecule has 1 fully saturated rings. The summed E-state index contributed by atoms with van der Waals surface area (Å²) in [4.78, 5) is 28.1. The number of furan rings is 1. The molecule has 0 bridgehead atoms. The van der Waals surface area contributed by atoms with Gasteiger partial charge in [-0.25, -0.2) is 4.79 Å². The van der Waals surface area contributed by atoms with E-state index in [1.54, 1.807) is 28.6 Å². The summed E-state index contributed by atoms with van der Waals surface area (Å²) in [7, 11) is 1.35. The Kier molecular flexibility index (Phi) is 4.34. The number of methoxy groups -OCH3 is 1. The second kappa shape index (κ2) is 6.80. The third kappa shape index (κ3) is 2.72. The van der Waals surface area contributed by atoms with Crippen LogP contribution < -0.4 is 4.90 Å². The SMILES string of the molecule is COC(=O)[C@@H]1[C@@H](c2cccs2)CC(=O)N1c1ccccc1-c1ccco1. The van der Waals surface area contributed by atoms with Crippen molar-refractivity contribution in [3.05, 3.63) is 65.1 Å². The van der Waals surface area contributed by atoms with Gasteiger partial charge in [-0.2, -0.15) is 0 Å². The summed E-state index contributed by atoms with van der Waals surface area (Å²) in [5, 5.41) is 1.95. The van der Waals surface area contributed by atoms with Crippen molar-refractivity contribution in [3.63, 3.8) is 0 Å². The lowest BCUT2D eigenvalue weighted by atomic mass is 9.98. The maximum Gasteiger partial charge on any atom is 0.329 e. The van der Waals surface area contributed by atoms with Crippen LogP contribution in [0.5, 0.6) is 0 Å². The first-order chi connectivity index (χ1) is 12.7. The van der Waals surface area contributed by atoms with Crippen LogP contribution in [0.4, 0.5) is 5.69 Å². The summed E-state index contributed by atoms with van der Waals surface area (Å²) < 4.78 is 10.6. The maximum atomic E-state index is 12.9. The smallest absolute Gasteiger partial charge is 0.329 e. The van der Waals surface area contributed by atoms with Crippen LogP contribution in [0.15, 0.2) is 64.6 Å². The molecule has 5 nitrogen and oxygen atoms in total. The van der Waals surface area contributed by atoms with Crippen LogP contribution in [0.3, 0.4) is 0 Å².